The number of aliphatic hydroxyl groups excluding tert-OH is 1. The summed E-state index contributed by atoms with van der Waals surface area (Å²) in [5, 5.41) is 33.3. The van der Waals surface area contributed by atoms with Crippen LogP contribution in [0, 0.1) is 17.3 Å². The Labute approximate surface area is 260 Å². The summed E-state index contributed by atoms with van der Waals surface area (Å²) in [7, 11) is 0. The lowest BCUT2D eigenvalue weighted by atomic mass is 9.54. The zero-order valence-electron chi connectivity index (χ0n) is 26.2. The average Bonchev–Trinajstić information content (AvgIpc) is 3.43. The summed E-state index contributed by atoms with van der Waals surface area (Å²) in [5.41, 5.74) is 4.08. The van der Waals surface area contributed by atoms with Gasteiger partial charge in [-0.3, -0.25) is 15.1 Å². The summed E-state index contributed by atoms with van der Waals surface area (Å²) in [6, 6.07) is 9.79. The van der Waals surface area contributed by atoms with E-state index in [1.165, 1.54) is 19.3 Å². The van der Waals surface area contributed by atoms with E-state index in [0.29, 0.717) is 35.9 Å². The Bertz CT molecular complexity index is 1410. The minimum Gasteiger partial charge on any atom is -0.393 e. The largest absolute Gasteiger partial charge is 0.393 e. The number of nitrogens with one attached hydrogen (secondary N) is 4. The van der Waals surface area contributed by atoms with Crippen LogP contribution in [0.4, 0.5) is 5.69 Å². The predicted molar refractivity (Wildman–Crippen MR) is 171 cm³/mol. The van der Waals surface area contributed by atoms with Crippen LogP contribution in [0.5, 0.6) is 0 Å². The van der Waals surface area contributed by atoms with Crippen LogP contribution < -0.4 is 21.3 Å². The van der Waals surface area contributed by atoms with Crippen molar-refractivity contribution >= 4 is 11.6 Å². The van der Waals surface area contributed by atoms with Gasteiger partial charge in [0.2, 0.25) is 0 Å². The van der Waals surface area contributed by atoms with E-state index >= 15 is 0 Å². The molecule has 0 spiro atoms. The van der Waals surface area contributed by atoms with E-state index in [0.717, 1.165) is 80.3 Å². The van der Waals surface area contributed by atoms with Crippen LogP contribution in [0.15, 0.2) is 42.7 Å². The standard InChI is InChI=1S/C34H48N8O2/c1-3-25-19-35-10-7-27(25)20-38-33(44)26-5-4-6-28(15-26)37-21-31-40-41-32(30-8-11-36-22-39-30)42(31)12-9-34-16-23(2)13-29(43)14-24(17-34)18-34/h4-7,10,15,19,23-24,29-30,36-37,39,43H,3,8-9,11-14,16-18,20-22H2,1-2H3,(H,38,44). The number of hydrogen-bond donors (Lipinski definition) is 5. The average molecular weight is 601 g/mol. The highest BCUT2D eigenvalue weighted by molar-refractivity contribution is 5.95. The highest BCUT2D eigenvalue weighted by Crippen LogP contribution is 2.56. The molecule has 4 aliphatic rings. The molecule has 1 amide bonds. The number of aliphatic hydroxyl groups is 1. The molecule has 1 aromatic carbocycles. The molecule has 3 atom stereocenters. The normalized spacial score (nSPS) is 26.7. The van der Waals surface area contributed by atoms with E-state index in [1.54, 1.807) is 6.20 Å². The number of aromatic nitrogens is 4. The van der Waals surface area contributed by atoms with Crippen molar-refractivity contribution in [3.05, 3.63) is 71.1 Å². The fourth-order valence-corrected chi connectivity index (χ4v) is 7.93. The number of carbonyl (C=O) groups excluding carboxylic acids is 1. The number of benzene rings is 1. The molecule has 0 radical (unpaired) electrons. The lowest BCUT2D eigenvalue weighted by Crippen LogP contribution is -2.44. The van der Waals surface area contributed by atoms with Gasteiger partial charge in [-0.2, -0.15) is 0 Å². The van der Waals surface area contributed by atoms with Crippen molar-refractivity contribution < 1.29 is 9.90 Å². The number of hydrogen-bond acceptors (Lipinski definition) is 8. The predicted octanol–water partition coefficient (Wildman–Crippen LogP) is 4.33. The first-order valence-corrected chi connectivity index (χ1v) is 16.5. The number of pyridine rings is 1. The molecule has 3 saturated carbocycles. The lowest BCUT2D eigenvalue weighted by molar-refractivity contribution is -0.0414. The summed E-state index contributed by atoms with van der Waals surface area (Å²) in [4.78, 5) is 17.2. The first-order valence-electron chi connectivity index (χ1n) is 16.5. The van der Waals surface area contributed by atoms with Crippen molar-refractivity contribution in [2.24, 2.45) is 17.3 Å². The number of rotatable bonds is 11. The second kappa shape index (κ2) is 13.7. The summed E-state index contributed by atoms with van der Waals surface area (Å²) in [6.45, 7) is 8.02. The van der Waals surface area contributed by atoms with Gasteiger partial charge in [0.1, 0.15) is 5.82 Å². The van der Waals surface area contributed by atoms with E-state index in [4.69, 9.17) is 5.10 Å². The first kappa shape index (κ1) is 30.7. The number of anilines is 1. The maximum absolute atomic E-state index is 13.0. The molecule has 3 heterocycles. The van der Waals surface area contributed by atoms with Gasteiger partial charge in [-0.25, -0.2) is 0 Å². The zero-order chi connectivity index (χ0) is 30.5. The van der Waals surface area contributed by atoms with Crippen molar-refractivity contribution in [1.29, 1.82) is 0 Å². The van der Waals surface area contributed by atoms with E-state index < -0.39 is 0 Å². The molecule has 3 aliphatic carbocycles. The second-order valence-electron chi connectivity index (χ2n) is 13.4. The third-order valence-electron chi connectivity index (χ3n) is 10.0. The topological polar surface area (TPSA) is 129 Å². The molecule has 5 N–H and O–H groups in total. The number of nitrogens with zero attached hydrogens (tertiary/aromatic N) is 4. The highest BCUT2D eigenvalue weighted by Gasteiger charge is 2.46. The molecular weight excluding hydrogens is 552 g/mol. The van der Waals surface area contributed by atoms with E-state index in [-0.39, 0.29) is 18.1 Å². The molecule has 1 aliphatic heterocycles. The van der Waals surface area contributed by atoms with Gasteiger partial charge in [0, 0.05) is 43.4 Å². The van der Waals surface area contributed by atoms with Gasteiger partial charge < -0.3 is 25.6 Å². The summed E-state index contributed by atoms with van der Waals surface area (Å²) in [6.07, 6.45) is 12.0. The molecular formula is C34H48N8O2. The van der Waals surface area contributed by atoms with Crippen molar-refractivity contribution in [2.45, 2.75) is 97.0 Å². The minimum absolute atomic E-state index is 0.103. The summed E-state index contributed by atoms with van der Waals surface area (Å²) >= 11 is 0. The molecule has 2 bridgehead atoms. The van der Waals surface area contributed by atoms with E-state index in [2.05, 4.69) is 49.8 Å². The molecule has 3 unspecified atom stereocenters. The van der Waals surface area contributed by atoms with Crippen LogP contribution in [0.3, 0.4) is 0 Å². The molecule has 236 valence electrons. The molecule has 10 nitrogen and oxygen atoms in total. The Balaban J connectivity index is 1.13. The monoisotopic (exact) mass is 600 g/mol. The van der Waals surface area contributed by atoms with Crippen LogP contribution >= 0.6 is 0 Å². The third kappa shape index (κ3) is 7.14. The molecule has 3 aromatic rings. The van der Waals surface area contributed by atoms with Crippen LogP contribution in [-0.2, 0) is 26.1 Å². The molecule has 2 aromatic heterocycles. The van der Waals surface area contributed by atoms with Gasteiger partial charge in [0.05, 0.1) is 18.7 Å². The van der Waals surface area contributed by atoms with Crippen LogP contribution in [0.2, 0.25) is 0 Å². The van der Waals surface area contributed by atoms with Crippen LogP contribution in [0.25, 0.3) is 0 Å². The molecule has 1 saturated heterocycles. The molecule has 44 heavy (non-hydrogen) atoms. The minimum atomic E-state index is -0.138. The Hall–Kier alpha value is -3.34. The van der Waals surface area contributed by atoms with E-state index in [1.807, 2.05) is 36.5 Å². The molecule has 4 fully saturated rings. The second-order valence-corrected chi connectivity index (χ2v) is 13.4. The first-order chi connectivity index (χ1) is 21.4. The van der Waals surface area contributed by atoms with Gasteiger partial charge in [-0.15, -0.1) is 10.2 Å². The Morgan fingerprint density at radius 1 is 1.14 bits per heavy atom. The van der Waals surface area contributed by atoms with Gasteiger partial charge in [-0.05, 0) is 111 Å². The van der Waals surface area contributed by atoms with Crippen LogP contribution in [-0.4, -0.2) is 50.1 Å². The summed E-state index contributed by atoms with van der Waals surface area (Å²) in [5.74, 6) is 3.03. The van der Waals surface area contributed by atoms with Crippen molar-refractivity contribution in [3.63, 3.8) is 0 Å². The highest BCUT2D eigenvalue weighted by atomic mass is 16.3. The van der Waals surface area contributed by atoms with Gasteiger partial charge in [0.15, 0.2) is 5.82 Å². The number of fused-ring (bicyclic) bond motifs is 4. The maximum atomic E-state index is 13.0. The summed E-state index contributed by atoms with van der Waals surface area (Å²) < 4.78 is 2.34. The fraction of sp³-hybridized carbons (Fsp3) is 0.588. The molecule has 10 heteroatoms. The Morgan fingerprint density at radius 2 is 2.02 bits per heavy atom. The van der Waals surface area contributed by atoms with Crippen LogP contribution in [0.1, 0.15) is 98.0 Å². The SMILES string of the molecule is CCc1cnccc1CNC(=O)c1cccc(NCc2nnc(C3CCNCN3)n2CCC23CC(C)CC(O)CC(C2)C3)c1. The van der Waals surface area contributed by atoms with Crippen molar-refractivity contribution in [3.8, 4) is 0 Å². The quantitative estimate of drug-likeness (QED) is 0.220. The Morgan fingerprint density at radius 3 is 2.84 bits per heavy atom. The fourth-order valence-electron chi connectivity index (χ4n) is 7.93. The third-order valence-corrected chi connectivity index (χ3v) is 10.0. The van der Waals surface area contributed by atoms with Gasteiger partial charge >= 0.3 is 0 Å². The number of aryl methyl sites for hydroxylation is 1. The van der Waals surface area contributed by atoms with Crippen molar-refractivity contribution in [2.75, 3.05) is 18.5 Å². The number of amides is 1. The van der Waals surface area contributed by atoms with Gasteiger partial charge in [0.25, 0.3) is 5.91 Å². The smallest absolute Gasteiger partial charge is 0.251 e. The Kier molecular flexibility index (Phi) is 9.59. The molecule has 7 rings (SSSR count). The maximum Gasteiger partial charge on any atom is 0.251 e. The zero-order valence-corrected chi connectivity index (χ0v) is 26.2. The van der Waals surface area contributed by atoms with Crippen molar-refractivity contribution in [1.82, 2.24) is 35.7 Å². The van der Waals surface area contributed by atoms with E-state index in [9.17, 15) is 9.90 Å². The lowest BCUT2D eigenvalue weighted by Gasteiger charge is -2.52. The number of carbonyl (C=O) groups is 1. The van der Waals surface area contributed by atoms with Gasteiger partial charge in [-0.1, -0.05) is 19.9 Å².